The number of carbonyl (C=O) groups excluding carboxylic acids is 1. The van der Waals surface area contributed by atoms with Crippen molar-refractivity contribution in [3.05, 3.63) is 48.0 Å². The first kappa shape index (κ1) is 21.1. The Morgan fingerprint density at radius 3 is 2.45 bits per heavy atom. The zero-order chi connectivity index (χ0) is 20.9. The largest absolute Gasteiger partial charge is 0.495 e. The highest BCUT2D eigenvalue weighted by Crippen LogP contribution is 2.29. The average Bonchev–Trinajstić information content (AvgIpc) is 2.74. The Morgan fingerprint density at radius 1 is 1.07 bits per heavy atom. The fourth-order valence-electron chi connectivity index (χ4n) is 3.09. The Labute approximate surface area is 170 Å². The van der Waals surface area contributed by atoms with Gasteiger partial charge in [-0.2, -0.15) is 4.31 Å². The van der Waals surface area contributed by atoms with Crippen molar-refractivity contribution in [3.63, 3.8) is 0 Å². The van der Waals surface area contributed by atoms with Gasteiger partial charge in [0.05, 0.1) is 39.5 Å². The lowest BCUT2D eigenvalue weighted by molar-refractivity contribution is -0.115. The van der Waals surface area contributed by atoms with Crippen LogP contribution in [0.3, 0.4) is 0 Å². The van der Waals surface area contributed by atoms with Crippen LogP contribution in [0.1, 0.15) is 5.56 Å². The van der Waals surface area contributed by atoms with Gasteiger partial charge in [-0.25, -0.2) is 8.42 Å². The third-order valence-electron chi connectivity index (χ3n) is 4.56. The van der Waals surface area contributed by atoms with Crippen molar-refractivity contribution in [1.82, 2.24) is 4.31 Å². The van der Waals surface area contributed by atoms with Gasteiger partial charge in [0, 0.05) is 13.1 Å². The van der Waals surface area contributed by atoms with Crippen molar-refractivity contribution in [1.29, 1.82) is 0 Å². The van der Waals surface area contributed by atoms with Crippen molar-refractivity contribution >= 4 is 21.6 Å². The lowest BCUT2D eigenvalue weighted by Crippen LogP contribution is -2.40. The molecule has 29 heavy (non-hydrogen) atoms. The fraction of sp³-hybridized carbons (Fsp3) is 0.350. The number of morpholine rings is 1. The Morgan fingerprint density at radius 2 is 1.76 bits per heavy atom. The Bertz CT molecular complexity index is 971. The Balaban J connectivity index is 1.82. The predicted octanol–water partition coefficient (Wildman–Crippen LogP) is 1.91. The van der Waals surface area contributed by atoms with Gasteiger partial charge in [0.1, 0.15) is 16.4 Å². The van der Waals surface area contributed by atoms with E-state index in [1.165, 1.54) is 24.6 Å². The average molecular weight is 420 g/mol. The van der Waals surface area contributed by atoms with E-state index >= 15 is 0 Å². The summed E-state index contributed by atoms with van der Waals surface area (Å²) in [5, 5.41) is 2.79. The van der Waals surface area contributed by atoms with Crippen molar-refractivity contribution in [2.45, 2.75) is 11.3 Å². The van der Waals surface area contributed by atoms with Crippen LogP contribution in [-0.2, 0) is 26.0 Å². The molecule has 156 valence electrons. The summed E-state index contributed by atoms with van der Waals surface area (Å²) >= 11 is 0. The molecule has 9 heteroatoms. The van der Waals surface area contributed by atoms with Gasteiger partial charge in [0.25, 0.3) is 0 Å². The number of sulfonamides is 1. The highest BCUT2D eigenvalue weighted by molar-refractivity contribution is 7.89. The second-order valence-electron chi connectivity index (χ2n) is 6.43. The molecule has 0 atom stereocenters. The SMILES string of the molecule is COc1ccccc1NC(=O)Cc1ccc(OC)c(S(=O)(=O)N2CCOCC2)c1. The third kappa shape index (κ3) is 4.87. The topological polar surface area (TPSA) is 94.2 Å². The summed E-state index contributed by atoms with van der Waals surface area (Å²) in [5.74, 6) is 0.505. The van der Waals surface area contributed by atoms with Gasteiger partial charge in [-0.15, -0.1) is 0 Å². The standard InChI is InChI=1S/C20H24N2O6S/c1-26-17-6-4-3-5-16(17)21-20(23)14-15-7-8-18(27-2)19(13-15)29(24,25)22-9-11-28-12-10-22/h3-8,13H,9-12,14H2,1-2H3,(H,21,23). The van der Waals surface area contributed by atoms with E-state index in [0.717, 1.165) is 0 Å². The first-order valence-corrected chi connectivity index (χ1v) is 10.6. The van der Waals surface area contributed by atoms with E-state index in [1.807, 2.05) is 0 Å². The molecule has 8 nitrogen and oxygen atoms in total. The molecule has 2 aromatic rings. The highest BCUT2D eigenvalue weighted by Gasteiger charge is 2.29. The summed E-state index contributed by atoms with van der Waals surface area (Å²) < 4.78 is 43.2. The molecular formula is C20H24N2O6S. The van der Waals surface area contributed by atoms with Crippen molar-refractivity contribution in [2.75, 3.05) is 45.8 Å². The smallest absolute Gasteiger partial charge is 0.246 e. The van der Waals surface area contributed by atoms with Crippen molar-refractivity contribution in [2.24, 2.45) is 0 Å². The van der Waals surface area contributed by atoms with Gasteiger partial charge in [0.15, 0.2) is 0 Å². The summed E-state index contributed by atoms with van der Waals surface area (Å²) in [4.78, 5) is 12.5. The van der Waals surface area contributed by atoms with Crippen LogP contribution in [0.15, 0.2) is 47.4 Å². The van der Waals surface area contributed by atoms with Crippen molar-refractivity contribution < 1.29 is 27.4 Å². The Kier molecular flexibility index (Phi) is 6.73. The summed E-state index contributed by atoms with van der Waals surface area (Å²) in [6.45, 7) is 1.26. The van der Waals surface area contributed by atoms with Crippen LogP contribution in [0.2, 0.25) is 0 Å². The van der Waals surface area contributed by atoms with Crippen LogP contribution < -0.4 is 14.8 Å². The quantitative estimate of drug-likeness (QED) is 0.735. The third-order valence-corrected chi connectivity index (χ3v) is 6.48. The molecule has 0 bridgehead atoms. The number of methoxy groups -OCH3 is 2. The minimum atomic E-state index is -3.76. The first-order valence-electron chi connectivity index (χ1n) is 9.13. The zero-order valence-electron chi connectivity index (χ0n) is 16.4. The molecule has 0 saturated carbocycles. The predicted molar refractivity (Wildman–Crippen MR) is 108 cm³/mol. The monoisotopic (exact) mass is 420 g/mol. The van der Waals surface area contributed by atoms with E-state index in [4.69, 9.17) is 14.2 Å². The van der Waals surface area contributed by atoms with E-state index in [1.54, 1.807) is 36.4 Å². The number of ether oxygens (including phenoxy) is 3. The Hall–Kier alpha value is -2.62. The molecule has 3 rings (SSSR count). The van der Waals surface area contributed by atoms with Crippen LogP contribution in [0.4, 0.5) is 5.69 Å². The van der Waals surface area contributed by atoms with E-state index < -0.39 is 10.0 Å². The number of carbonyl (C=O) groups is 1. The number of hydrogen-bond acceptors (Lipinski definition) is 6. The van der Waals surface area contributed by atoms with E-state index in [2.05, 4.69) is 5.32 Å². The molecule has 1 fully saturated rings. The molecular weight excluding hydrogens is 396 g/mol. The molecule has 1 heterocycles. The zero-order valence-corrected chi connectivity index (χ0v) is 17.2. The molecule has 0 spiro atoms. The van der Waals surface area contributed by atoms with Gasteiger partial charge in [-0.05, 0) is 29.8 Å². The summed E-state index contributed by atoms with van der Waals surface area (Å²) in [6, 6.07) is 11.8. The first-order chi connectivity index (χ1) is 14.0. The van der Waals surface area contributed by atoms with Crippen LogP contribution in [-0.4, -0.2) is 59.2 Å². The number of anilines is 1. The summed E-state index contributed by atoms with van der Waals surface area (Å²) in [6.07, 6.45) is 0.00761. The molecule has 1 N–H and O–H groups in total. The van der Waals surface area contributed by atoms with Gasteiger partial charge in [-0.1, -0.05) is 18.2 Å². The summed E-state index contributed by atoms with van der Waals surface area (Å²) in [7, 11) is -0.813. The molecule has 1 aliphatic rings. The number of hydrogen-bond donors (Lipinski definition) is 1. The van der Waals surface area contributed by atoms with Crippen molar-refractivity contribution in [3.8, 4) is 11.5 Å². The minimum Gasteiger partial charge on any atom is -0.495 e. The minimum absolute atomic E-state index is 0.00761. The van der Waals surface area contributed by atoms with Crippen LogP contribution >= 0.6 is 0 Å². The second-order valence-corrected chi connectivity index (χ2v) is 8.33. The lowest BCUT2D eigenvalue weighted by atomic mass is 10.1. The van der Waals surface area contributed by atoms with E-state index in [0.29, 0.717) is 30.2 Å². The molecule has 0 unspecified atom stereocenters. The number of rotatable bonds is 7. The van der Waals surface area contributed by atoms with E-state index in [-0.39, 0.29) is 36.1 Å². The number of nitrogens with zero attached hydrogens (tertiary/aromatic N) is 1. The lowest BCUT2D eigenvalue weighted by Gasteiger charge is -2.26. The number of benzene rings is 2. The van der Waals surface area contributed by atoms with Gasteiger partial charge in [0.2, 0.25) is 15.9 Å². The maximum atomic E-state index is 13.1. The molecule has 1 aliphatic heterocycles. The molecule has 0 aliphatic carbocycles. The van der Waals surface area contributed by atoms with E-state index in [9.17, 15) is 13.2 Å². The highest BCUT2D eigenvalue weighted by atomic mass is 32.2. The molecule has 1 amide bonds. The molecule has 2 aromatic carbocycles. The van der Waals surface area contributed by atoms with Gasteiger partial charge < -0.3 is 19.5 Å². The van der Waals surface area contributed by atoms with Crippen LogP contribution in [0, 0.1) is 0 Å². The van der Waals surface area contributed by atoms with Gasteiger partial charge >= 0.3 is 0 Å². The summed E-state index contributed by atoms with van der Waals surface area (Å²) in [5.41, 5.74) is 1.11. The molecule has 0 aromatic heterocycles. The maximum Gasteiger partial charge on any atom is 0.246 e. The second kappa shape index (κ2) is 9.25. The molecule has 0 radical (unpaired) electrons. The maximum absolute atomic E-state index is 13.1. The molecule has 1 saturated heterocycles. The van der Waals surface area contributed by atoms with Crippen LogP contribution in [0.25, 0.3) is 0 Å². The normalized spacial score (nSPS) is 15.0. The van der Waals surface area contributed by atoms with Gasteiger partial charge in [-0.3, -0.25) is 4.79 Å². The number of amides is 1. The van der Waals surface area contributed by atoms with Crippen LogP contribution in [0.5, 0.6) is 11.5 Å². The number of nitrogens with one attached hydrogen (secondary N) is 1. The number of para-hydroxylation sites is 2. The fourth-order valence-corrected chi connectivity index (χ4v) is 4.70.